The smallest absolute Gasteiger partial charge is 0.315 e. The molecule has 0 fully saturated rings. The number of halogens is 1. The van der Waals surface area contributed by atoms with Crippen molar-refractivity contribution in [3.8, 4) is 11.5 Å². The van der Waals surface area contributed by atoms with E-state index in [9.17, 15) is 9.59 Å². The summed E-state index contributed by atoms with van der Waals surface area (Å²) in [5.74, 6) is -0.374. The number of benzene rings is 2. The molecule has 0 saturated carbocycles. The van der Waals surface area contributed by atoms with Crippen molar-refractivity contribution in [2.45, 2.75) is 38.7 Å². The molecule has 0 spiro atoms. The van der Waals surface area contributed by atoms with E-state index in [1.54, 1.807) is 26.2 Å². The van der Waals surface area contributed by atoms with Gasteiger partial charge in [-0.3, -0.25) is 9.59 Å². The highest BCUT2D eigenvalue weighted by atomic mass is 35.5. The second-order valence-corrected chi connectivity index (χ2v) is 8.72. The van der Waals surface area contributed by atoms with Crippen LogP contribution in [0.2, 0.25) is 5.02 Å². The fourth-order valence-corrected chi connectivity index (χ4v) is 4.88. The molecule has 0 aromatic heterocycles. The molecule has 4 rings (SSSR count). The van der Waals surface area contributed by atoms with Crippen molar-refractivity contribution < 1.29 is 23.8 Å². The Morgan fingerprint density at radius 3 is 2.71 bits per heavy atom. The van der Waals surface area contributed by atoms with Crippen LogP contribution in [0.4, 0.5) is 0 Å². The lowest BCUT2D eigenvalue weighted by Crippen LogP contribution is -2.41. The van der Waals surface area contributed by atoms with Gasteiger partial charge in [-0.2, -0.15) is 0 Å². The SMILES string of the molecule is C=C1NC2=C(C(=O)CCC2)C(c2ccc(OC)c(COc3ccccc3Cl)c2)C1C(=O)OCC. The molecule has 0 amide bonds. The van der Waals surface area contributed by atoms with Crippen LogP contribution in [0.3, 0.4) is 0 Å². The number of ether oxygens (including phenoxy) is 3. The fraction of sp³-hybridized carbons (Fsp3) is 0.333. The molecular formula is C27H28ClNO5. The van der Waals surface area contributed by atoms with Crippen molar-refractivity contribution in [1.29, 1.82) is 0 Å². The Morgan fingerprint density at radius 1 is 1.18 bits per heavy atom. The Bertz CT molecular complexity index is 1160. The summed E-state index contributed by atoms with van der Waals surface area (Å²) in [6, 6.07) is 12.9. The van der Waals surface area contributed by atoms with E-state index < -0.39 is 17.8 Å². The lowest BCUT2D eigenvalue weighted by Gasteiger charge is -2.38. The van der Waals surface area contributed by atoms with Crippen LogP contribution in [0.25, 0.3) is 0 Å². The molecule has 6 nitrogen and oxygen atoms in total. The Hall–Kier alpha value is -3.25. The molecule has 1 heterocycles. The standard InChI is InChI=1S/C27H28ClNO5/c1-4-33-27(31)24-16(2)29-20-9-7-10-21(30)26(20)25(24)17-12-13-22(32-3)18(14-17)15-34-23-11-6-5-8-19(23)28/h5-6,8,11-14,24-25,29H,2,4,7,9-10,15H2,1,3H3. The van der Waals surface area contributed by atoms with Gasteiger partial charge < -0.3 is 19.5 Å². The van der Waals surface area contributed by atoms with Gasteiger partial charge in [0.15, 0.2) is 5.78 Å². The van der Waals surface area contributed by atoms with Gasteiger partial charge in [-0.1, -0.05) is 36.4 Å². The van der Waals surface area contributed by atoms with E-state index in [2.05, 4.69) is 11.9 Å². The van der Waals surface area contributed by atoms with Gasteiger partial charge >= 0.3 is 5.97 Å². The minimum atomic E-state index is -0.716. The number of para-hydroxylation sites is 1. The van der Waals surface area contributed by atoms with Gasteiger partial charge in [0.05, 0.1) is 18.7 Å². The molecule has 2 atom stereocenters. The van der Waals surface area contributed by atoms with E-state index in [1.807, 2.05) is 30.3 Å². The fourth-order valence-electron chi connectivity index (χ4n) is 4.69. The summed E-state index contributed by atoms with van der Waals surface area (Å²) >= 11 is 6.24. The van der Waals surface area contributed by atoms with E-state index in [4.69, 9.17) is 25.8 Å². The highest BCUT2D eigenvalue weighted by Crippen LogP contribution is 2.45. The number of hydrogen-bond acceptors (Lipinski definition) is 6. The summed E-state index contributed by atoms with van der Waals surface area (Å²) in [5.41, 5.74) is 3.61. The lowest BCUT2D eigenvalue weighted by molar-refractivity contribution is -0.147. The minimum Gasteiger partial charge on any atom is -0.496 e. The summed E-state index contributed by atoms with van der Waals surface area (Å²) < 4.78 is 16.9. The molecule has 0 saturated heterocycles. The first-order valence-electron chi connectivity index (χ1n) is 11.4. The van der Waals surface area contributed by atoms with Crippen LogP contribution in [-0.4, -0.2) is 25.5 Å². The summed E-state index contributed by atoms with van der Waals surface area (Å²) in [4.78, 5) is 26.1. The highest BCUT2D eigenvalue weighted by Gasteiger charge is 2.44. The van der Waals surface area contributed by atoms with E-state index in [0.717, 1.165) is 29.7 Å². The number of nitrogens with one attached hydrogen (secondary N) is 1. The summed E-state index contributed by atoms with van der Waals surface area (Å²) in [6.45, 7) is 6.32. The number of hydrogen-bond donors (Lipinski definition) is 1. The number of ketones is 1. The Labute approximate surface area is 204 Å². The zero-order valence-electron chi connectivity index (χ0n) is 19.4. The Balaban J connectivity index is 1.76. The molecule has 34 heavy (non-hydrogen) atoms. The van der Waals surface area contributed by atoms with Crippen molar-refractivity contribution in [1.82, 2.24) is 5.32 Å². The number of methoxy groups -OCH3 is 1. The monoisotopic (exact) mass is 481 g/mol. The van der Waals surface area contributed by atoms with Gasteiger partial charge in [0, 0.05) is 34.9 Å². The number of Topliss-reactive ketones (excluding diaryl/α,β-unsaturated/α-hetero) is 1. The van der Waals surface area contributed by atoms with Crippen molar-refractivity contribution in [2.24, 2.45) is 5.92 Å². The molecular weight excluding hydrogens is 454 g/mol. The average Bonchev–Trinajstić information content (AvgIpc) is 2.82. The molecule has 0 bridgehead atoms. The predicted octanol–water partition coefficient (Wildman–Crippen LogP) is 5.31. The maximum atomic E-state index is 13.1. The molecule has 2 aliphatic rings. The third-order valence-corrected chi connectivity index (χ3v) is 6.52. The zero-order valence-corrected chi connectivity index (χ0v) is 20.1. The number of carbonyl (C=O) groups is 2. The molecule has 0 radical (unpaired) electrons. The van der Waals surface area contributed by atoms with Crippen molar-refractivity contribution in [3.05, 3.63) is 82.2 Å². The quantitative estimate of drug-likeness (QED) is 0.540. The normalized spacial score (nSPS) is 19.9. The average molecular weight is 482 g/mol. The van der Waals surface area contributed by atoms with Gasteiger partial charge in [-0.05, 0) is 49.6 Å². The summed E-state index contributed by atoms with van der Waals surface area (Å²) in [5, 5.41) is 3.74. The highest BCUT2D eigenvalue weighted by molar-refractivity contribution is 6.32. The van der Waals surface area contributed by atoms with Crippen LogP contribution in [0.15, 0.2) is 66.0 Å². The molecule has 1 aliphatic heterocycles. The molecule has 1 aliphatic carbocycles. The molecule has 2 aromatic rings. The maximum Gasteiger partial charge on any atom is 0.315 e. The lowest BCUT2D eigenvalue weighted by atomic mass is 9.71. The zero-order chi connectivity index (χ0) is 24.2. The first-order valence-corrected chi connectivity index (χ1v) is 11.7. The maximum absolute atomic E-state index is 13.1. The molecule has 1 N–H and O–H groups in total. The van der Waals surface area contributed by atoms with Gasteiger partial charge in [0.25, 0.3) is 0 Å². The number of carbonyl (C=O) groups excluding carboxylic acids is 2. The van der Waals surface area contributed by atoms with Crippen LogP contribution in [0.1, 0.15) is 43.2 Å². The van der Waals surface area contributed by atoms with Crippen LogP contribution in [-0.2, 0) is 20.9 Å². The van der Waals surface area contributed by atoms with Crippen LogP contribution in [0.5, 0.6) is 11.5 Å². The van der Waals surface area contributed by atoms with Gasteiger partial charge in [0.1, 0.15) is 24.0 Å². The third-order valence-electron chi connectivity index (χ3n) is 6.21. The molecule has 2 aromatic carbocycles. The second-order valence-electron chi connectivity index (χ2n) is 8.32. The van der Waals surface area contributed by atoms with E-state index in [1.165, 1.54) is 0 Å². The number of allylic oxidation sites excluding steroid dienone is 2. The number of esters is 1. The number of rotatable bonds is 7. The Kier molecular flexibility index (Phi) is 7.27. The van der Waals surface area contributed by atoms with E-state index >= 15 is 0 Å². The van der Waals surface area contributed by atoms with Crippen molar-refractivity contribution >= 4 is 23.4 Å². The van der Waals surface area contributed by atoms with Crippen LogP contribution < -0.4 is 14.8 Å². The molecule has 2 unspecified atom stereocenters. The van der Waals surface area contributed by atoms with E-state index in [-0.39, 0.29) is 19.0 Å². The second kappa shape index (κ2) is 10.3. The van der Waals surface area contributed by atoms with Crippen molar-refractivity contribution in [3.63, 3.8) is 0 Å². The van der Waals surface area contributed by atoms with Crippen LogP contribution in [0, 0.1) is 5.92 Å². The van der Waals surface area contributed by atoms with E-state index in [0.29, 0.717) is 34.2 Å². The topological polar surface area (TPSA) is 73.9 Å². The first kappa shape index (κ1) is 23.9. The summed E-state index contributed by atoms with van der Waals surface area (Å²) in [6.07, 6.45) is 1.97. The molecule has 178 valence electrons. The largest absolute Gasteiger partial charge is 0.496 e. The first-order chi connectivity index (χ1) is 16.4. The van der Waals surface area contributed by atoms with Gasteiger partial charge in [0.2, 0.25) is 0 Å². The van der Waals surface area contributed by atoms with Gasteiger partial charge in [-0.25, -0.2) is 0 Å². The predicted molar refractivity (Wildman–Crippen MR) is 130 cm³/mol. The summed E-state index contributed by atoms with van der Waals surface area (Å²) in [7, 11) is 1.59. The Morgan fingerprint density at radius 2 is 1.97 bits per heavy atom. The molecule has 7 heteroatoms. The third kappa shape index (κ3) is 4.68. The van der Waals surface area contributed by atoms with Crippen molar-refractivity contribution in [2.75, 3.05) is 13.7 Å². The van der Waals surface area contributed by atoms with Crippen LogP contribution >= 0.6 is 11.6 Å². The van der Waals surface area contributed by atoms with Gasteiger partial charge in [-0.15, -0.1) is 0 Å². The minimum absolute atomic E-state index is 0.0465.